The lowest BCUT2D eigenvalue weighted by molar-refractivity contribution is 0.102. The van der Waals surface area contributed by atoms with E-state index in [2.05, 4.69) is 20.3 Å². The van der Waals surface area contributed by atoms with E-state index in [1.165, 1.54) is 6.07 Å². The Balaban J connectivity index is 1.25. The van der Waals surface area contributed by atoms with Crippen molar-refractivity contribution in [2.24, 2.45) is 4.40 Å². The van der Waals surface area contributed by atoms with Gasteiger partial charge in [-0.2, -0.15) is 8.42 Å². The van der Waals surface area contributed by atoms with E-state index in [0.29, 0.717) is 35.6 Å². The highest BCUT2D eigenvalue weighted by Crippen LogP contribution is 2.27. The van der Waals surface area contributed by atoms with Gasteiger partial charge in [-0.3, -0.25) is 9.69 Å². The lowest BCUT2D eigenvalue weighted by atomic mass is 10.1. The molecule has 166 valence electrons. The van der Waals surface area contributed by atoms with Crippen molar-refractivity contribution < 1.29 is 18.0 Å². The van der Waals surface area contributed by atoms with Crippen molar-refractivity contribution >= 4 is 44.9 Å². The number of anilines is 3. The van der Waals surface area contributed by atoms with Crippen LogP contribution in [0.15, 0.2) is 82.1 Å². The molecule has 3 amide bonds. The van der Waals surface area contributed by atoms with Crippen molar-refractivity contribution in [1.82, 2.24) is 5.32 Å². The van der Waals surface area contributed by atoms with Crippen molar-refractivity contribution in [2.75, 3.05) is 28.6 Å². The van der Waals surface area contributed by atoms with Crippen LogP contribution in [0.3, 0.4) is 0 Å². The van der Waals surface area contributed by atoms with Gasteiger partial charge in [0.15, 0.2) is 5.84 Å². The number of carbonyl (C=O) groups is 2. The first kappa shape index (κ1) is 20.7. The molecule has 3 aromatic rings. The topological polar surface area (TPSA) is 120 Å². The summed E-state index contributed by atoms with van der Waals surface area (Å²) in [6.07, 6.45) is 0. The average molecular weight is 462 g/mol. The van der Waals surface area contributed by atoms with Crippen LogP contribution in [0.2, 0.25) is 0 Å². The van der Waals surface area contributed by atoms with Crippen LogP contribution in [0.1, 0.15) is 15.9 Å². The molecule has 10 heteroatoms. The molecule has 2 heterocycles. The maximum absolute atomic E-state index is 12.6. The quantitative estimate of drug-likeness (QED) is 0.552. The summed E-state index contributed by atoms with van der Waals surface area (Å²) in [4.78, 5) is 26.2. The van der Waals surface area contributed by atoms with E-state index in [0.717, 1.165) is 5.69 Å². The largest absolute Gasteiger partial charge is 0.339 e. The summed E-state index contributed by atoms with van der Waals surface area (Å²) in [5.74, 6) is -0.0473. The second-order valence-corrected chi connectivity index (χ2v) is 9.07. The molecule has 3 N–H and O–H groups in total. The fourth-order valence-corrected chi connectivity index (χ4v) is 4.86. The Morgan fingerprint density at radius 2 is 1.64 bits per heavy atom. The molecule has 0 aliphatic carbocycles. The molecule has 5 rings (SSSR count). The molecule has 0 atom stereocenters. The lowest BCUT2D eigenvalue weighted by Crippen LogP contribution is -2.27. The highest BCUT2D eigenvalue weighted by atomic mass is 32.2. The number of nitrogens with one attached hydrogen (secondary N) is 3. The van der Waals surface area contributed by atoms with Crippen LogP contribution in [-0.2, 0) is 10.0 Å². The molecule has 2 aliphatic rings. The summed E-state index contributed by atoms with van der Waals surface area (Å²) in [6, 6.07) is 20.1. The Hall–Kier alpha value is -4.18. The Kier molecular flexibility index (Phi) is 5.06. The van der Waals surface area contributed by atoms with Crippen LogP contribution in [-0.4, -0.2) is 39.3 Å². The van der Waals surface area contributed by atoms with Crippen LogP contribution >= 0.6 is 0 Å². The third-order valence-corrected chi connectivity index (χ3v) is 6.67. The molecule has 0 radical (unpaired) electrons. The molecule has 9 nitrogen and oxygen atoms in total. The molecular formula is C23H19N5O4S. The van der Waals surface area contributed by atoms with Crippen molar-refractivity contribution in [3.05, 3.63) is 83.9 Å². The standard InChI is InChI=1S/C23H19N5O4S/c29-22(26-17-9-11-18(12-10-17)28-14-13-24-23(28)30)15-5-7-16(8-6-15)25-21-19-3-1-2-4-20(19)33(31,32)27-21/h1-12H,13-14H2,(H,24,30)(H,25,27)(H,26,29). The van der Waals surface area contributed by atoms with E-state index in [1.54, 1.807) is 71.6 Å². The summed E-state index contributed by atoms with van der Waals surface area (Å²) in [5, 5.41) is 8.58. The number of carbonyl (C=O) groups excluding carboxylic acids is 2. The number of benzene rings is 3. The number of hydrogen-bond acceptors (Lipinski definition) is 5. The molecule has 1 saturated heterocycles. The van der Waals surface area contributed by atoms with Crippen molar-refractivity contribution in [1.29, 1.82) is 0 Å². The Labute approximate surface area is 190 Å². The first-order valence-corrected chi connectivity index (χ1v) is 11.6. The third kappa shape index (κ3) is 4.03. The van der Waals surface area contributed by atoms with Gasteiger partial charge in [0.1, 0.15) is 4.90 Å². The van der Waals surface area contributed by atoms with Crippen LogP contribution in [0.5, 0.6) is 0 Å². The zero-order chi connectivity index (χ0) is 23.0. The SMILES string of the molecule is O=C(Nc1ccc(N2CCNC2=O)cc1)c1ccc(NC2=NS(=O)(=O)c3ccccc32)cc1. The summed E-state index contributed by atoms with van der Waals surface area (Å²) >= 11 is 0. The van der Waals surface area contributed by atoms with Gasteiger partial charge in [0, 0.05) is 41.3 Å². The van der Waals surface area contributed by atoms with E-state index in [-0.39, 0.29) is 22.7 Å². The monoisotopic (exact) mass is 461 g/mol. The molecule has 2 aliphatic heterocycles. The number of amides is 3. The maximum atomic E-state index is 12.6. The molecule has 0 unspecified atom stereocenters. The molecule has 3 aromatic carbocycles. The minimum absolute atomic E-state index is 0.134. The van der Waals surface area contributed by atoms with Gasteiger partial charge in [0.2, 0.25) is 0 Å². The number of nitrogens with zero attached hydrogens (tertiary/aromatic N) is 2. The third-order valence-electron chi connectivity index (χ3n) is 5.34. The number of sulfonamides is 1. The maximum Gasteiger partial charge on any atom is 0.321 e. The first-order valence-electron chi connectivity index (χ1n) is 10.2. The predicted octanol–water partition coefficient (Wildman–Crippen LogP) is 3.03. The van der Waals surface area contributed by atoms with Crippen LogP contribution in [0.25, 0.3) is 0 Å². The van der Waals surface area contributed by atoms with Gasteiger partial charge in [0.25, 0.3) is 15.9 Å². The lowest BCUT2D eigenvalue weighted by Gasteiger charge is -2.14. The van der Waals surface area contributed by atoms with Crippen molar-refractivity contribution in [3.8, 4) is 0 Å². The number of urea groups is 1. The van der Waals surface area contributed by atoms with E-state index in [9.17, 15) is 18.0 Å². The van der Waals surface area contributed by atoms with E-state index in [1.807, 2.05) is 0 Å². The minimum atomic E-state index is -3.71. The van der Waals surface area contributed by atoms with Gasteiger partial charge in [-0.25, -0.2) is 4.79 Å². The minimum Gasteiger partial charge on any atom is -0.339 e. The molecule has 0 aromatic heterocycles. The average Bonchev–Trinajstić information content (AvgIpc) is 3.35. The summed E-state index contributed by atoms with van der Waals surface area (Å²) in [5.41, 5.74) is 2.91. The van der Waals surface area contributed by atoms with Crippen molar-refractivity contribution in [2.45, 2.75) is 4.90 Å². The molecule has 1 fully saturated rings. The molecule has 0 saturated carbocycles. The highest BCUT2D eigenvalue weighted by Gasteiger charge is 2.28. The molecular weight excluding hydrogens is 442 g/mol. The molecule has 33 heavy (non-hydrogen) atoms. The van der Waals surface area contributed by atoms with E-state index < -0.39 is 10.0 Å². The van der Waals surface area contributed by atoms with Gasteiger partial charge in [-0.05, 0) is 60.7 Å². The second-order valence-electron chi connectivity index (χ2n) is 7.50. The Morgan fingerprint density at radius 1 is 0.939 bits per heavy atom. The Bertz CT molecular complexity index is 1380. The van der Waals surface area contributed by atoms with Gasteiger partial charge in [-0.1, -0.05) is 12.1 Å². The summed E-state index contributed by atoms with van der Waals surface area (Å²) < 4.78 is 28.2. The molecule has 0 spiro atoms. The summed E-state index contributed by atoms with van der Waals surface area (Å²) in [6.45, 7) is 1.21. The first-order chi connectivity index (χ1) is 15.9. The van der Waals surface area contributed by atoms with E-state index in [4.69, 9.17) is 0 Å². The van der Waals surface area contributed by atoms with Gasteiger partial charge in [0.05, 0.1) is 0 Å². The zero-order valence-corrected chi connectivity index (χ0v) is 18.1. The van der Waals surface area contributed by atoms with Gasteiger partial charge < -0.3 is 16.0 Å². The number of fused-ring (bicyclic) bond motifs is 1. The second kappa shape index (κ2) is 8.06. The van der Waals surface area contributed by atoms with Crippen molar-refractivity contribution in [3.63, 3.8) is 0 Å². The van der Waals surface area contributed by atoms with E-state index >= 15 is 0 Å². The van der Waals surface area contributed by atoms with Crippen LogP contribution < -0.4 is 20.9 Å². The summed E-state index contributed by atoms with van der Waals surface area (Å²) in [7, 11) is -3.71. The van der Waals surface area contributed by atoms with Gasteiger partial charge in [-0.15, -0.1) is 4.40 Å². The predicted molar refractivity (Wildman–Crippen MR) is 125 cm³/mol. The molecule has 0 bridgehead atoms. The number of amidine groups is 1. The van der Waals surface area contributed by atoms with Crippen LogP contribution in [0.4, 0.5) is 21.9 Å². The Morgan fingerprint density at radius 3 is 2.33 bits per heavy atom. The number of hydrogen-bond donors (Lipinski definition) is 3. The highest BCUT2D eigenvalue weighted by molar-refractivity contribution is 7.90. The van der Waals surface area contributed by atoms with Crippen LogP contribution in [0, 0.1) is 0 Å². The zero-order valence-electron chi connectivity index (χ0n) is 17.3. The smallest absolute Gasteiger partial charge is 0.321 e. The fourth-order valence-electron chi connectivity index (χ4n) is 3.68. The normalized spacial score (nSPS) is 16.1. The van der Waals surface area contributed by atoms with Gasteiger partial charge >= 0.3 is 6.03 Å². The fraction of sp³-hybridized carbons (Fsp3) is 0.0870. The number of rotatable bonds is 4.